The molecule has 0 aliphatic carbocycles. The lowest BCUT2D eigenvalue weighted by molar-refractivity contribution is -0.127. The number of rotatable bonds is 3. The number of carbonyl (C=O) groups excluding carboxylic acids is 2. The van der Waals surface area contributed by atoms with E-state index in [9.17, 15) is 14.7 Å². The molecular weight excluding hydrogens is 244 g/mol. The second-order valence-electron chi connectivity index (χ2n) is 3.63. The van der Waals surface area contributed by atoms with Crippen molar-refractivity contribution in [3.8, 4) is 5.75 Å². The van der Waals surface area contributed by atoms with Crippen LogP contribution in [0.4, 0.5) is 0 Å². The summed E-state index contributed by atoms with van der Waals surface area (Å²) >= 11 is 5.64. The highest BCUT2D eigenvalue weighted by atomic mass is 35.5. The summed E-state index contributed by atoms with van der Waals surface area (Å²) in [5.41, 5.74) is 0.0842. The van der Waals surface area contributed by atoms with E-state index in [1.165, 1.54) is 23.1 Å². The molecule has 0 atom stereocenters. The molecule has 0 fully saturated rings. The number of hydrogen-bond acceptors (Lipinski definition) is 3. The van der Waals surface area contributed by atoms with Crippen LogP contribution >= 0.6 is 11.6 Å². The van der Waals surface area contributed by atoms with Gasteiger partial charge in [-0.25, -0.2) is 0 Å². The quantitative estimate of drug-likeness (QED) is 0.843. The highest BCUT2D eigenvalue weighted by Gasteiger charge is 2.13. The molecule has 5 nitrogen and oxygen atoms in total. The summed E-state index contributed by atoms with van der Waals surface area (Å²) in [4.78, 5) is 24.2. The first kappa shape index (κ1) is 13.3. The zero-order valence-corrected chi connectivity index (χ0v) is 10.3. The van der Waals surface area contributed by atoms with Crippen molar-refractivity contribution in [3.05, 3.63) is 28.8 Å². The van der Waals surface area contributed by atoms with E-state index in [-0.39, 0.29) is 23.8 Å². The molecule has 0 aliphatic rings. The summed E-state index contributed by atoms with van der Waals surface area (Å²) in [7, 11) is 3.18. The first-order chi connectivity index (χ1) is 7.91. The van der Waals surface area contributed by atoms with Crippen LogP contribution in [0.15, 0.2) is 18.2 Å². The standard InChI is InChI=1S/C11H13ClN2O3/c1-14(2)10(16)6-13-11(17)8-4-3-7(12)5-9(8)15/h3-5,15H,6H2,1-2H3,(H,13,17). The summed E-state index contributed by atoms with van der Waals surface area (Å²) in [5.74, 6) is -0.964. The molecule has 2 amide bonds. The Bertz CT molecular complexity index is 446. The van der Waals surface area contributed by atoms with Crippen LogP contribution in [0, 0.1) is 0 Å². The van der Waals surface area contributed by atoms with Crippen LogP contribution in [-0.2, 0) is 4.79 Å². The third kappa shape index (κ3) is 3.64. The molecule has 0 bridgehead atoms. The second-order valence-corrected chi connectivity index (χ2v) is 4.07. The van der Waals surface area contributed by atoms with Crippen LogP contribution in [0.3, 0.4) is 0 Å². The van der Waals surface area contributed by atoms with Gasteiger partial charge in [0, 0.05) is 19.1 Å². The van der Waals surface area contributed by atoms with Crippen LogP contribution in [-0.4, -0.2) is 42.5 Å². The first-order valence-corrected chi connectivity index (χ1v) is 5.26. The molecule has 0 radical (unpaired) electrons. The van der Waals surface area contributed by atoms with Gasteiger partial charge in [-0.2, -0.15) is 0 Å². The third-order valence-electron chi connectivity index (χ3n) is 2.10. The van der Waals surface area contributed by atoms with Crippen LogP contribution in [0.2, 0.25) is 5.02 Å². The van der Waals surface area contributed by atoms with Crippen LogP contribution < -0.4 is 5.32 Å². The average Bonchev–Trinajstić information content (AvgIpc) is 2.25. The van der Waals surface area contributed by atoms with Crippen molar-refractivity contribution in [2.24, 2.45) is 0 Å². The number of hydrogen-bond donors (Lipinski definition) is 2. The minimum Gasteiger partial charge on any atom is -0.507 e. The maximum Gasteiger partial charge on any atom is 0.255 e. The summed E-state index contributed by atoms with van der Waals surface area (Å²) in [5, 5.41) is 12.2. The van der Waals surface area contributed by atoms with Crippen LogP contribution in [0.5, 0.6) is 5.75 Å². The summed E-state index contributed by atoms with van der Waals surface area (Å²) in [6, 6.07) is 4.15. The molecule has 0 heterocycles. The molecule has 0 unspecified atom stereocenters. The fourth-order valence-corrected chi connectivity index (χ4v) is 1.27. The van der Waals surface area contributed by atoms with Gasteiger partial charge in [-0.3, -0.25) is 9.59 Å². The summed E-state index contributed by atoms with van der Waals surface area (Å²) < 4.78 is 0. The van der Waals surface area contributed by atoms with E-state index in [4.69, 9.17) is 11.6 Å². The van der Waals surface area contributed by atoms with Gasteiger partial charge in [-0.05, 0) is 18.2 Å². The monoisotopic (exact) mass is 256 g/mol. The Hall–Kier alpha value is -1.75. The van der Waals surface area contributed by atoms with Crippen molar-refractivity contribution < 1.29 is 14.7 Å². The Kier molecular flexibility index (Phi) is 4.34. The number of nitrogens with one attached hydrogen (secondary N) is 1. The SMILES string of the molecule is CN(C)C(=O)CNC(=O)c1ccc(Cl)cc1O. The molecule has 1 rings (SSSR count). The van der Waals surface area contributed by atoms with Crippen LogP contribution in [0.1, 0.15) is 10.4 Å². The fourth-order valence-electron chi connectivity index (χ4n) is 1.11. The van der Waals surface area contributed by atoms with Gasteiger partial charge in [0.2, 0.25) is 5.91 Å². The van der Waals surface area contributed by atoms with Gasteiger partial charge in [0.15, 0.2) is 0 Å². The highest BCUT2D eigenvalue weighted by Crippen LogP contribution is 2.21. The lowest BCUT2D eigenvalue weighted by Gasteiger charge is -2.11. The maximum absolute atomic E-state index is 11.6. The van der Waals surface area contributed by atoms with E-state index < -0.39 is 5.91 Å². The van der Waals surface area contributed by atoms with E-state index in [0.29, 0.717) is 5.02 Å². The van der Waals surface area contributed by atoms with Crippen LogP contribution in [0.25, 0.3) is 0 Å². The number of carbonyl (C=O) groups is 2. The van der Waals surface area contributed by atoms with Gasteiger partial charge in [-0.15, -0.1) is 0 Å². The van der Waals surface area contributed by atoms with E-state index >= 15 is 0 Å². The van der Waals surface area contributed by atoms with Crippen molar-refractivity contribution in [1.82, 2.24) is 10.2 Å². The Labute approximate surface area is 104 Å². The minimum atomic E-state index is -0.519. The Morgan fingerprint density at radius 2 is 2.06 bits per heavy atom. The smallest absolute Gasteiger partial charge is 0.255 e. The molecule has 0 saturated carbocycles. The molecule has 0 spiro atoms. The summed E-state index contributed by atoms with van der Waals surface area (Å²) in [6.07, 6.45) is 0. The second kappa shape index (κ2) is 5.54. The van der Waals surface area contributed by atoms with Crippen molar-refractivity contribution >= 4 is 23.4 Å². The van der Waals surface area contributed by atoms with E-state index in [1.54, 1.807) is 14.1 Å². The number of nitrogens with zero attached hydrogens (tertiary/aromatic N) is 1. The molecule has 0 aromatic heterocycles. The van der Waals surface area contributed by atoms with Gasteiger partial charge < -0.3 is 15.3 Å². The fraction of sp³-hybridized carbons (Fsp3) is 0.273. The first-order valence-electron chi connectivity index (χ1n) is 4.88. The Balaban J connectivity index is 2.68. The predicted octanol–water partition coefficient (Wildman–Crippen LogP) is 0.864. The number of phenolic OH excluding ortho intramolecular Hbond substituents is 1. The lowest BCUT2D eigenvalue weighted by atomic mass is 10.2. The van der Waals surface area contributed by atoms with Crippen molar-refractivity contribution in [3.63, 3.8) is 0 Å². The Morgan fingerprint density at radius 1 is 1.41 bits per heavy atom. The number of halogens is 1. The van der Waals surface area contributed by atoms with Gasteiger partial charge >= 0.3 is 0 Å². The third-order valence-corrected chi connectivity index (χ3v) is 2.34. The van der Waals surface area contributed by atoms with E-state index in [2.05, 4.69) is 5.32 Å². The van der Waals surface area contributed by atoms with Crippen molar-refractivity contribution in [2.45, 2.75) is 0 Å². The normalized spacial score (nSPS) is 9.82. The molecule has 92 valence electrons. The average molecular weight is 257 g/mol. The van der Waals surface area contributed by atoms with Crippen molar-refractivity contribution in [1.29, 1.82) is 0 Å². The highest BCUT2D eigenvalue weighted by molar-refractivity contribution is 6.30. The zero-order chi connectivity index (χ0) is 13.0. The van der Waals surface area contributed by atoms with Gasteiger partial charge in [-0.1, -0.05) is 11.6 Å². The zero-order valence-electron chi connectivity index (χ0n) is 9.53. The molecular formula is C11H13ClN2O3. The molecule has 17 heavy (non-hydrogen) atoms. The number of aromatic hydroxyl groups is 1. The molecule has 0 aliphatic heterocycles. The number of likely N-dealkylation sites (N-methyl/N-ethyl adjacent to an activating group) is 1. The molecule has 0 saturated heterocycles. The number of phenols is 1. The minimum absolute atomic E-state index is 0.0842. The molecule has 1 aromatic carbocycles. The van der Waals surface area contributed by atoms with E-state index in [1.807, 2.05) is 0 Å². The van der Waals surface area contributed by atoms with Gasteiger partial charge in [0.25, 0.3) is 5.91 Å². The topological polar surface area (TPSA) is 69.6 Å². The summed E-state index contributed by atoms with van der Waals surface area (Å²) in [6.45, 7) is -0.117. The number of amides is 2. The predicted molar refractivity (Wildman–Crippen MR) is 64.1 cm³/mol. The Morgan fingerprint density at radius 3 is 2.59 bits per heavy atom. The van der Waals surface area contributed by atoms with E-state index in [0.717, 1.165) is 0 Å². The molecule has 2 N–H and O–H groups in total. The van der Waals surface area contributed by atoms with Gasteiger partial charge in [0.1, 0.15) is 5.75 Å². The van der Waals surface area contributed by atoms with Crippen molar-refractivity contribution in [2.75, 3.05) is 20.6 Å². The lowest BCUT2D eigenvalue weighted by Crippen LogP contribution is -2.36. The molecule has 1 aromatic rings. The van der Waals surface area contributed by atoms with Gasteiger partial charge in [0.05, 0.1) is 12.1 Å². The molecule has 6 heteroatoms. The largest absolute Gasteiger partial charge is 0.507 e. The number of benzene rings is 1. The maximum atomic E-state index is 11.6.